The molecule has 19 heavy (non-hydrogen) atoms. The van der Waals surface area contributed by atoms with Crippen molar-refractivity contribution in [1.82, 2.24) is 0 Å². The standard InChI is InChI=1S/C15H20BrFO2/c1-15(2,7-8-16)14(17)10-11-5-6-12(18-3)13(9-11)19-4/h5-6,9-10H,7-8H2,1-4H3. The van der Waals surface area contributed by atoms with E-state index < -0.39 is 5.41 Å². The minimum absolute atomic E-state index is 0.140. The fraction of sp³-hybridized carbons (Fsp3) is 0.467. The molecule has 0 saturated carbocycles. The maximum Gasteiger partial charge on any atom is 0.161 e. The highest BCUT2D eigenvalue weighted by molar-refractivity contribution is 9.09. The third kappa shape index (κ3) is 4.23. The van der Waals surface area contributed by atoms with Crippen molar-refractivity contribution < 1.29 is 13.9 Å². The average Bonchev–Trinajstić information content (AvgIpc) is 2.38. The molecule has 0 heterocycles. The molecule has 0 N–H and O–H groups in total. The minimum Gasteiger partial charge on any atom is -0.493 e. The van der Waals surface area contributed by atoms with E-state index in [0.29, 0.717) is 11.5 Å². The molecule has 4 heteroatoms. The van der Waals surface area contributed by atoms with Crippen LogP contribution in [0.3, 0.4) is 0 Å². The Morgan fingerprint density at radius 1 is 1.26 bits per heavy atom. The Balaban J connectivity index is 3.04. The van der Waals surface area contributed by atoms with E-state index in [1.165, 1.54) is 0 Å². The van der Waals surface area contributed by atoms with Crippen molar-refractivity contribution in [2.45, 2.75) is 20.3 Å². The lowest BCUT2D eigenvalue weighted by molar-refractivity contribution is 0.345. The fourth-order valence-electron chi connectivity index (χ4n) is 1.64. The van der Waals surface area contributed by atoms with Crippen molar-refractivity contribution >= 4 is 22.0 Å². The number of hydrogen-bond donors (Lipinski definition) is 0. The summed E-state index contributed by atoms with van der Waals surface area (Å²) in [5.41, 5.74) is 0.286. The molecule has 2 nitrogen and oxygen atoms in total. The number of halogens is 2. The van der Waals surface area contributed by atoms with Crippen LogP contribution in [0.4, 0.5) is 4.39 Å². The van der Waals surface area contributed by atoms with Gasteiger partial charge in [0.1, 0.15) is 5.83 Å². The van der Waals surface area contributed by atoms with Crippen LogP contribution >= 0.6 is 15.9 Å². The minimum atomic E-state index is -0.476. The van der Waals surface area contributed by atoms with Crippen molar-refractivity contribution in [3.63, 3.8) is 0 Å². The van der Waals surface area contributed by atoms with Crippen LogP contribution in [0.5, 0.6) is 11.5 Å². The van der Waals surface area contributed by atoms with Crippen molar-refractivity contribution in [3.8, 4) is 11.5 Å². The first kappa shape index (κ1) is 16.0. The summed E-state index contributed by atoms with van der Waals surface area (Å²) in [7, 11) is 3.14. The second-order valence-corrected chi connectivity index (χ2v) is 5.72. The highest BCUT2D eigenvalue weighted by atomic mass is 79.9. The van der Waals surface area contributed by atoms with Gasteiger partial charge in [-0.1, -0.05) is 35.8 Å². The van der Waals surface area contributed by atoms with Crippen LogP contribution in [0.25, 0.3) is 6.08 Å². The second-order valence-electron chi connectivity index (χ2n) is 4.93. The number of benzene rings is 1. The highest BCUT2D eigenvalue weighted by Crippen LogP contribution is 2.35. The molecule has 0 unspecified atom stereocenters. The monoisotopic (exact) mass is 330 g/mol. The molecule has 0 bridgehead atoms. The quantitative estimate of drug-likeness (QED) is 0.696. The van der Waals surface area contributed by atoms with Crippen LogP contribution in [0, 0.1) is 5.41 Å². The summed E-state index contributed by atoms with van der Waals surface area (Å²) in [5.74, 6) is 1.10. The van der Waals surface area contributed by atoms with Crippen LogP contribution in [-0.2, 0) is 0 Å². The first-order valence-corrected chi connectivity index (χ1v) is 7.22. The van der Waals surface area contributed by atoms with E-state index in [-0.39, 0.29) is 5.83 Å². The van der Waals surface area contributed by atoms with Crippen molar-refractivity contribution in [2.75, 3.05) is 19.5 Å². The predicted molar refractivity (Wildman–Crippen MR) is 80.8 cm³/mol. The molecule has 0 aliphatic heterocycles. The first-order chi connectivity index (χ1) is 8.94. The van der Waals surface area contributed by atoms with Crippen LogP contribution < -0.4 is 9.47 Å². The van der Waals surface area contributed by atoms with Crippen molar-refractivity contribution in [3.05, 3.63) is 29.6 Å². The summed E-state index contributed by atoms with van der Waals surface area (Å²) < 4.78 is 24.6. The van der Waals surface area contributed by atoms with Crippen LogP contribution in [0.2, 0.25) is 0 Å². The molecule has 0 atom stereocenters. The molecule has 0 fully saturated rings. The van der Waals surface area contributed by atoms with Gasteiger partial charge >= 0.3 is 0 Å². The van der Waals surface area contributed by atoms with Gasteiger partial charge in [0.25, 0.3) is 0 Å². The number of hydrogen-bond acceptors (Lipinski definition) is 2. The van der Waals surface area contributed by atoms with Gasteiger partial charge in [-0.3, -0.25) is 0 Å². The number of alkyl halides is 1. The Hall–Kier alpha value is -1.03. The molecular formula is C15H20BrFO2. The topological polar surface area (TPSA) is 18.5 Å². The largest absolute Gasteiger partial charge is 0.493 e. The van der Waals surface area contributed by atoms with E-state index in [2.05, 4.69) is 15.9 Å². The van der Waals surface area contributed by atoms with Gasteiger partial charge in [0, 0.05) is 10.7 Å². The molecule has 1 aromatic rings. The molecule has 0 saturated heterocycles. The smallest absolute Gasteiger partial charge is 0.161 e. The SMILES string of the molecule is COc1ccc(C=C(F)C(C)(C)CCBr)cc1OC. The number of ether oxygens (including phenoxy) is 2. The van der Waals surface area contributed by atoms with Gasteiger partial charge in [-0.25, -0.2) is 4.39 Å². The lowest BCUT2D eigenvalue weighted by Gasteiger charge is -2.21. The molecule has 106 valence electrons. The second kappa shape index (κ2) is 6.94. The number of allylic oxidation sites excluding steroid dienone is 1. The van der Waals surface area contributed by atoms with E-state index in [1.807, 2.05) is 19.9 Å². The molecular weight excluding hydrogens is 311 g/mol. The van der Waals surface area contributed by atoms with Gasteiger partial charge in [0.05, 0.1) is 14.2 Å². The normalized spacial score (nSPS) is 12.4. The molecule has 0 aromatic heterocycles. The maximum absolute atomic E-state index is 14.2. The summed E-state index contributed by atoms with van der Waals surface area (Å²) in [6.45, 7) is 3.78. The zero-order valence-electron chi connectivity index (χ0n) is 11.8. The number of methoxy groups -OCH3 is 2. The Kier molecular flexibility index (Phi) is 5.85. The van der Waals surface area contributed by atoms with Crippen LogP contribution in [0.15, 0.2) is 24.0 Å². The van der Waals surface area contributed by atoms with E-state index in [4.69, 9.17) is 9.47 Å². The van der Waals surface area contributed by atoms with E-state index in [0.717, 1.165) is 17.3 Å². The van der Waals surface area contributed by atoms with Crippen LogP contribution in [0.1, 0.15) is 25.8 Å². The van der Waals surface area contributed by atoms with Gasteiger partial charge in [0.15, 0.2) is 11.5 Å². The summed E-state index contributed by atoms with van der Waals surface area (Å²) in [5, 5.41) is 0.771. The molecule has 0 aliphatic carbocycles. The van der Waals surface area contributed by atoms with Gasteiger partial charge in [0.2, 0.25) is 0 Å². The van der Waals surface area contributed by atoms with E-state index >= 15 is 0 Å². The first-order valence-electron chi connectivity index (χ1n) is 6.10. The molecule has 0 spiro atoms. The zero-order valence-corrected chi connectivity index (χ0v) is 13.4. The van der Waals surface area contributed by atoms with Crippen LogP contribution in [-0.4, -0.2) is 19.5 Å². The summed E-state index contributed by atoms with van der Waals surface area (Å²) in [6, 6.07) is 5.35. The molecule has 0 amide bonds. The van der Waals surface area contributed by atoms with E-state index in [9.17, 15) is 4.39 Å². The number of rotatable bonds is 6. The Bertz CT molecular complexity index is 455. The Morgan fingerprint density at radius 3 is 2.42 bits per heavy atom. The maximum atomic E-state index is 14.2. The summed E-state index contributed by atoms with van der Waals surface area (Å²) in [4.78, 5) is 0. The third-order valence-corrected chi connectivity index (χ3v) is 3.46. The van der Waals surface area contributed by atoms with Gasteiger partial charge in [-0.2, -0.15) is 0 Å². The lowest BCUT2D eigenvalue weighted by Crippen LogP contribution is -2.12. The highest BCUT2D eigenvalue weighted by Gasteiger charge is 2.23. The van der Waals surface area contributed by atoms with Crippen molar-refractivity contribution in [2.24, 2.45) is 5.41 Å². The Labute approximate surface area is 122 Å². The fourth-order valence-corrected chi connectivity index (χ4v) is 2.63. The third-order valence-electron chi connectivity index (χ3n) is 3.07. The molecule has 1 aromatic carbocycles. The van der Waals surface area contributed by atoms with Gasteiger partial charge in [-0.05, 0) is 30.2 Å². The molecule has 0 radical (unpaired) electrons. The molecule has 1 rings (SSSR count). The van der Waals surface area contributed by atoms with E-state index in [1.54, 1.807) is 32.4 Å². The predicted octanol–water partition coefficient (Wildman–Crippen LogP) is 4.83. The molecule has 0 aliphatic rings. The summed E-state index contributed by atoms with van der Waals surface area (Å²) >= 11 is 3.35. The van der Waals surface area contributed by atoms with Gasteiger partial charge in [-0.15, -0.1) is 0 Å². The lowest BCUT2D eigenvalue weighted by atomic mass is 9.88. The zero-order chi connectivity index (χ0) is 14.5. The van der Waals surface area contributed by atoms with Gasteiger partial charge < -0.3 is 9.47 Å². The summed E-state index contributed by atoms with van der Waals surface area (Å²) in [6.07, 6.45) is 2.28. The average molecular weight is 331 g/mol. The Morgan fingerprint density at radius 2 is 1.89 bits per heavy atom. The van der Waals surface area contributed by atoms with Crippen molar-refractivity contribution in [1.29, 1.82) is 0 Å².